The number of nitrogens with zero attached hydrogens (tertiary/aromatic N) is 1. The van der Waals surface area contributed by atoms with Crippen LogP contribution >= 0.6 is 27.5 Å². The molecule has 0 heterocycles. The summed E-state index contributed by atoms with van der Waals surface area (Å²) in [4.78, 5) is 12.4. The largest absolute Gasteiger partial charge is 0.490 e. The minimum absolute atomic E-state index is 0.0428. The highest BCUT2D eigenvalue weighted by molar-refractivity contribution is 9.10. The van der Waals surface area contributed by atoms with Gasteiger partial charge in [0.25, 0.3) is 5.91 Å². The highest BCUT2D eigenvalue weighted by Gasteiger charge is 2.12. The Morgan fingerprint density at radius 1 is 1.28 bits per heavy atom. The molecule has 0 aliphatic carbocycles. The van der Waals surface area contributed by atoms with Gasteiger partial charge in [0.1, 0.15) is 17.4 Å². The Bertz CT molecular complexity index is 839. The van der Waals surface area contributed by atoms with E-state index in [0.717, 1.165) is 4.47 Å². The molecular weight excluding hydrogens is 404 g/mol. The fraction of sp³-hybridized carbons (Fsp3) is 0.158. The van der Waals surface area contributed by atoms with Crippen LogP contribution in [0.25, 0.3) is 6.08 Å². The number of hydrogen-bond acceptors (Lipinski definition) is 3. The summed E-state index contributed by atoms with van der Waals surface area (Å²) in [6, 6.07) is 14.1. The number of anilines is 1. The normalized spacial score (nSPS) is 11.1. The average molecular weight is 420 g/mol. The first kappa shape index (κ1) is 19.0. The van der Waals surface area contributed by atoms with Gasteiger partial charge in [0.05, 0.1) is 6.10 Å². The van der Waals surface area contributed by atoms with Gasteiger partial charge >= 0.3 is 0 Å². The van der Waals surface area contributed by atoms with Gasteiger partial charge in [-0.3, -0.25) is 4.79 Å². The maximum Gasteiger partial charge on any atom is 0.266 e. The van der Waals surface area contributed by atoms with Crippen LogP contribution in [0.1, 0.15) is 19.4 Å². The molecule has 1 amide bonds. The lowest BCUT2D eigenvalue weighted by Crippen LogP contribution is -2.13. The van der Waals surface area contributed by atoms with Crippen LogP contribution in [0.15, 0.2) is 52.5 Å². The number of nitrogens with one attached hydrogen (secondary N) is 1. The van der Waals surface area contributed by atoms with Gasteiger partial charge in [-0.05, 0) is 62.4 Å². The van der Waals surface area contributed by atoms with Gasteiger partial charge in [-0.25, -0.2) is 0 Å². The number of hydrogen-bond donors (Lipinski definition) is 1. The van der Waals surface area contributed by atoms with Crippen LogP contribution in [-0.4, -0.2) is 12.0 Å². The summed E-state index contributed by atoms with van der Waals surface area (Å²) in [6.07, 6.45) is 1.42. The second kappa shape index (κ2) is 8.70. The lowest BCUT2D eigenvalue weighted by molar-refractivity contribution is -0.112. The summed E-state index contributed by atoms with van der Waals surface area (Å²) < 4.78 is 6.61. The zero-order valence-electron chi connectivity index (χ0n) is 13.7. The fourth-order valence-electron chi connectivity index (χ4n) is 2.03. The Balaban J connectivity index is 2.30. The maximum atomic E-state index is 12.4. The molecule has 4 nitrogen and oxygen atoms in total. The molecule has 1 N–H and O–H groups in total. The maximum absolute atomic E-state index is 12.4. The molecular formula is C19H16BrClN2O2. The van der Waals surface area contributed by atoms with Crippen LogP contribution in [0.3, 0.4) is 0 Å². The van der Waals surface area contributed by atoms with E-state index in [0.29, 0.717) is 22.0 Å². The van der Waals surface area contributed by atoms with Crippen molar-refractivity contribution in [2.24, 2.45) is 0 Å². The van der Waals surface area contributed by atoms with E-state index in [-0.39, 0.29) is 11.7 Å². The van der Waals surface area contributed by atoms with E-state index < -0.39 is 5.91 Å². The first-order chi connectivity index (χ1) is 11.9. The number of ether oxygens (including phenoxy) is 1. The van der Waals surface area contributed by atoms with Gasteiger partial charge in [0, 0.05) is 20.7 Å². The van der Waals surface area contributed by atoms with Crippen molar-refractivity contribution in [2.75, 3.05) is 5.32 Å². The van der Waals surface area contributed by atoms with Gasteiger partial charge in [-0.1, -0.05) is 27.5 Å². The Morgan fingerprint density at radius 2 is 1.96 bits per heavy atom. The second-order valence-electron chi connectivity index (χ2n) is 5.48. The van der Waals surface area contributed by atoms with Crippen molar-refractivity contribution in [2.45, 2.75) is 20.0 Å². The number of carbonyl (C=O) groups is 1. The third kappa shape index (κ3) is 5.63. The predicted molar refractivity (Wildman–Crippen MR) is 104 cm³/mol. The third-order valence-corrected chi connectivity index (χ3v) is 3.87. The van der Waals surface area contributed by atoms with Crippen LogP contribution < -0.4 is 10.1 Å². The monoisotopic (exact) mass is 418 g/mol. The van der Waals surface area contributed by atoms with Gasteiger partial charge in [-0.2, -0.15) is 5.26 Å². The summed E-state index contributed by atoms with van der Waals surface area (Å²) in [5.41, 5.74) is 1.13. The summed E-state index contributed by atoms with van der Waals surface area (Å²) in [7, 11) is 0. The first-order valence-electron chi connectivity index (χ1n) is 7.54. The topological polar surface area (TPSA) is 62.1 Å². The fourth-order valence-corrected chi connectivity index (χ4v) is 2.47. The Labute approximate surface area is 160 Å². The number of benzene rings is 2. The number of halogens is 2. The summed E-state index contributed by atoms with van der Waals surface area (Å²) in [6.45, 7) is 3.79. The minimum Gasteiger partial charge on any atom is -0.490 e. The summed E-state index contributed by atoms with van der Waals surface area (Å²) >= 11 is 9.36. The summed E-state index contributed by atoms with van der Waals surface area (Å²) in [5.74, 6) is 0.0592. The molecule has 2 rings (SSSR count). The van der Waals surface area contributed by atoms with E-state index in [9.17, 15) is 10.1 Å². The number of amides is 1. The predicted octanol–water partition coefficient (Wildman–Crippen LogP) is 5.44. The zero-order valence-corrected chi connectivity index (χ0v) is 16.1. The summed E-state index contributed by atoms with van der Waals surface area (Å²) in [5, 5.41) is 12.5. The highest BCUT2D eigenvalue weighted by atomic mass is 79.9. The average Bonchev–Trinajstić information content (AvgIpc) is 2.56. The van der Waals surface area contributed by atoms with Gasteiger partial charge < -0.3 is 10.1 Å². The van der Waals surface area contributed by atoms with E-state index in [4.69, 9.17) is 16.3 Å². The van der Waals surface area contributed by atoms with Gasteiger partial charge in [0.15, 0.2) is 0 Å². The van der Waals surface area contributed by atoms with E-state index in [1.165, 1.54) is 6.08 Å². The molecule has 0 fully saturated rings. The molecule has 0 aliphatic heterocycles. The van der Waals surface area contributed by atoms with Crippen molar-refractivity contribution in [1.82, 2.24) is 0 Å². The third-order valence-electron chi connectivity index (χ3n) is 3.10. The van der Waals surface area contributed by atoms with E-state index >= 15 is 0 Å². The number of carbonyl (C=O) groups excluding carboxylic acids is 1. The molecule has 0 radical (unpaired) electrons. The number of rotatable bonds is 5. The van der Waals surface area contributed by atoms with Gasteiger partial charge in [-0.15, -0.1) is 0 Å². The minimum atomic E-state index is -0.500. The van der Waals surface area contributed by atoms with Crippen LogP contribution in [-0.2, 0) is 4.79 Å². The van der Waals surface area contributed by atoms with Gasteiger partial charge in [0.2, 0.25) is 0 Å². The molecule has 0 atom stereocenters. The van der Waals surface area contributed by atoms with Crippen molar-refractivity contribution in [3.63, 3.8) is 0 Å². The van der Waals surface area contributed by atoms with Crippen molar-refractivity contribution < 1.29 is 9.53 Å². The molecule has 0 bridgehead atoms. The molecule has 0 aliphatic rings. The second-order valence-corrected chi connectivity index (χ2v) is 6.83. The molecule has 0 spiro atoms. The standard InChI is InChI=1S/C19H16BrClN2O2/c1-12(2)25-18-8-5-16(21)10-13(18)9-14(11-22)19(24)23-17-6-3-15(20)4-7-17/h3-10,12H,1-2H3,(H,23,24)/b14-9+. The SMILES string of the molecule is CC(C)Oc1ccc(Cl)cc1/C=C(\C#N)C(=O)Nc1ccc(Br)cc1. The van der Waals surface area contributed by atoms with Crippen molar-refractivity contribution in [3.05, 3.63) is 63.1 Å². The molecule has 25 heavy (non-hydrogen) atoms. The number of nitriles is 1. The van der Waals surface area contributed by atoms with Crippen molar-refractivity contribution in [1.29, 1.82) is 5.26 Å². The Kier molecular flexibility index (Phi) is 6.63. The lowest BCUT2D eigenvalue weighted by atomic mass is 10.1. The van der Waals surface area contributed by atoms with Crippen LogP contribution in [0.2, 0.25) is 5.02 Å². The van der Waals surface area contributed by atoms with E-state index in [1.807, 2.05) is 19.9 Å². The van der Waals surface area contributed by atoms with Crippen LogP contribution in [0, 0.1) is 11.3 Å². The van der Waals surface area contributed by atoms with Crippen LogP contribution in [0.5, 0.6) is 5.75 Å². The Morgan fingerprint density at radius 3 is 2.56 bits per heavy atom. The molecule has 128 valence electrons. The smallest absolute Gasteiger partial charge is 0.266 e. The highest BCUT2D eigenvalue weighted by Crippen LogP contribution is 2.26. The molecule has 2 aromatic carbocycles. The van der Waals surface area contributed by atoms with Crippen molar-refractivity contribution in [3.8, 4) is 11.8 Å². The Hall–Kier alpha value is -2.29. The first-order valence-corrected chi connectivity index (χ1v) is 8.71. The molecule has 2 aromatic rings. The van der Waals surface area contributed by atoms with Crippen LogP contribution in [0.4, 0.5) is 5.69 Å². The van der Waals surface area contributed by atoms with E-state index in [1.54, 1.807) is 42.5 Å². The van der Waals surface area contributed by atoms with E-state index in [2.05, 4.69) is 21.2 Å². The quantitative estimate of drug-likeness (QED) is 0.519. The molecule has 0 saturated carbocycles. The molecule has 0 saturated heterocycles. The lowest BCUT2D eigenvalue weighted by Gasteiger charge is -2.13. The zero-order chi connectivity index (χ0) is 18.4. The molecule has 6 heteroatoms. The van der Waals surface area contributed by atoms with Crippen molar-refractivity contribution >= 4 is 45.2 Å². The molecule has 0 aromatic heterocycles. The molecule has 0 unspecified atom stereocenters.